The van der Waals surface area contributed by atoms with Crippen molar-refractivity contribution in [3.8, 4) is 5.75 Å². The van der Waals surface area contributed by atoms with Crippen molar-refractivity contribution < 1.29 is 14.3 Å². The molecule has 2 fully saturated rings. The first-order chi connectivity index (χ1) is 15.2. The van der Waals surface area contributed by atoms with Gasteiger partial charge in [0.15, 0.2) is 5.72 Å². The number of benzene rings is 2. The second-order valence-corrected chi connectivity index (χ2v) is 9.16. The summed E-state index contributed by atoms with van der Waals surface area (Å²) < 4.78 is 12.5. The standard InChI is InChI=1S/C26H28N2O3/c29-25(30-17-18-7-2-1-3-8-18)21-16-27-22-10-11-23-20(24(21)22)15-19-9-6-14-28-13-5-4-12-26(19,28)31-23/h1-3,7-8,10-11,16,19,27H,4-6,9,12-15,17H2. The molecule has 1 aromatic heterocycles. The Morgan fingerprint density at radius 2 is 2.00 bits per heavy atom. The third kappa shape index (κ3) is 3.06. The molecule has 0 radical (unpaired) electrons. The van der Waals surface area contributed by atoms with Crippen molar-refractivity contribution in [1.29, 1.82) is 0 Å². The maximum absolute atomic E-state index is 13.0. The van der Waals surface area contributed by atoms with E-state index in [2.05, 4.69) is 16.0 Å². The van der Waals surface area contributed by atoms with Crippen molar-refractivity contribution in [1.82, 2.24) is 9.88 Å². The molecule has 2 unspecified atom stereocenters. The third-order valence-electron chi connectivity index (χ3n) is 7.45. The molecule has 0 bridgehead atoms. The van der Waals surface area contributed by atoms with Crippen LogP contribution in [0.4, 0.5) is 0 Å². The molecule has 6 rings (SSSR count). The minimum absolute atomic E-state index is 0.151. The molecule has 0 aliphatic carbocycles. The lowest BCUT2D eigenvalue weighted by atomic mass is 9.74. The molecule has 3 aliphatic rings. The van der Waals surface area contributed by atoms with Crippen molar-refractivity contribution >= 4 is 16.9 Å². The Bertz CT molecular complexity index is 1120. The molecule has 2 aromatic carbocycles. The average Bonchev–Trinajstić information content (AvgIpc) is 3.25. The Morgan fingerprint density at radius 1 is 1.13 bits per heavy atom. The van der Waals surface area contributed by atoms with E-state index in [1.807, 2.05) is 36.4 Å². The second-order valence-electron chi connectivity index (χ2n) is 9.16. The number of H-pyrrole nitrogens is 1. The number of carbonyl (C=O) groups is 1. The number of ether oxygens (including phenoxy) is 2. The molecular formula is C26H28N2O3. The van der Waals surface area contributed by atoms with E-state index in [1.165, 1.54) is 25.7 Å². The Morgan fingerprint density at radius 3 is 2.90 bits per heavy atom. The fourth-order valence-electron chi connectivity index (χ4n) is 5.98. The van der Waals surface area contributed by atoms with Crippen molar-refractivity contribution in [3.05, 3.63) is 65.4 Å². The van der Waals surface area contributed by atoms with Crippen molar-refractivity contribution in [3.63, 3.8) is 0 Å². The zero-order chi connectivity index (χ0) is 20.8. The summed E-state index contributed by atoms with van der Waals surface area (Å²) in [6, 6.07) is 13.9. The van der Waals surface area contributed by atoms with Gasteiger partial charge in [-0.15, -0.1) is 0 Å². The van der Waals surface area contributed by atoms with Crippen LogP contribution in [0.1, 0.15) is 53.6 Å². The summed E-state index contributed by atoms with van der Waals surface area (Å²) in [4.78, 5) is 18.9. The van der Waals surface area contributed by atoms with Crippen LogP contribution >= 0.6 is 0 Å². The zero-order valence-electron chi connectivity index (χ0n) is 17.7. The molecule has 5 nitrogen and oxygen atoms in total. The number of hydrogen-bond acceptors (Lipinski definition) is 4. The van der Waals surface area contributed by atoms with Gasteiger partial charge in [0.25, 0.3) is 0 Å². The highest BCUT2D eigenvalue weighted by atomic mass is 16.5. The van der Waals surface area contributed by atoms with Crippen LogP contribution in [0.3, 0.4) is 0 Å². The molecule has 1 spiro atoms. The highest BCUT2D eigenvalue weighted by molar-refractivity contribution is 6.06. The largest absolute Gasteiger partial charge is 0.472 e. The predicted octanol–water partition coefficient (Wildman–Crippen LogP) is 5.05. The number of aromatic nitrogens is 1. The maximum atomic E-state index is 13.0. The van der Waals surface area contributed by atoms with Gasteiger partial charge in [-0.1, -0.05) is 30.3 Å². The van der Waals surface area contributed by atoms with Crippen molar-refractivity contribution in [2.75, 3.05) is 13.1 Å². The quantitative estimate of drug-likeness (QED) is 0.607. The van der Waals surface area contributed by atoms with Crippen LogP contribution in [-0.4, -0.2) is 34.7 Å². The topological polar surface area (TPSA) is 54.6 Å². The monoisotopic (exact) mass is 416 g/mol. The first-order valence-corrected chi connectivity index (χ1v) is 11.5. The summed E-state index contributed by atoms with van der Waals surface area (Å²) in [5.74, 6) is 1.13. The molecule has 5 heteroatoms. The van der Waals surface area contributed by atoms with E-state index in [4.69, 9.17) is 9.47 Å². The molecule has 2 saturated heterocycles. The Hall–Kier alpha value is -2.79. The number of hydrogen-bond donors (Lipinski definition) is 1. The minimum Gasteiger partial charge on any atom is -0.472 e. The summed E-state index contributed by atoms with van der Waals surface area (Å²) >= 11 is 0. The lowest BCUT2D eigenvalue weighted by Crippen LogP contribution is -2.64. The lowest BCUT2D eigenvalue weighted by Gasteiger charge is -2.56. The summed E-state index contributed by atoms with van der Waals surface area (Å²) in [5.41, 5.74) is 3.58. The van der Waals surface area contributed by atoms with Crippen molar-refractivity contribution in [2.45, 2.75) is 50.9 Å². The highest BCUT2D eigenvalue weighted by Gasteiger charge is 2.52. The van der Waals surface area contributed by atoms with Gasteiger partial charge in [0.1, 0.15) is 12.4 Å². The van der Waals surface area contributed by atoms with Crippen LogP contribution in [0.15, 0.2) is 48.7 Å². The molecule has 4 heterocycles. The highest BCUT2D eigenvalue weighted by Crippen LogP contribution is 2.49. The molecular weight excluding hydrogens is 388 g/mol. The number of piperidine rings is 2. The van der Waals surface area contributed by atoms with E-state index in [-0.39, 0.29) is 18.3 Å². The van der Waals surface area contributed by atoms with Gasteiger partial charge in [0.05, 0.1) is 5.56 Å². The van der Waals surface area contributed by atoms with Crippen molar-refractivity contribution in [2.24, 2.45) is 5.92 Å². The molecule has 160 valence electrons. The SMILES string of the molecule is O=C(OCc1ccccc1)c1c[nH]c2ccc3c(c12)CC1CCCN2CCCCC12O3. The van der Waals surface area contributed by atoms with Crippen LogP contribution in [0.5, 0.6) is 5.75 Å². The van der Waals surface area contributed by atoms with Gasteiger partial charge in [-0.25, -0.2) is 4.79 Å². The van der Waals surface area contributed by atoms with Crippen LogP contribution in [0.2, 0.25) is 0 Å². The number of esters is 1. The molecule has 1 N–H and O–H groups in total. The van der Waals surface area contributed by atoms with Crippen LogP contribution in [0.25, 0.3) is 10.9 Å². The Kier molecular flexibility index (Phi) is 4.53. The number of nitrogens with zero attached hydrogens (tertiary/aromatic N) is 1. The Labute approximate surface area is 182 Å². The van der Waals surface area contributed by atoms with Gasteiger partial charge in [-0.3, -0.25) is 4.90 Å². The number of carbonyl (C=O) groups excluding carboxylic acids is 1. The third-order valence-corrected chi connectivity index (χ3v) is 7.45. The van der Waals surface area contributed by atoms with E-state index >= 15 is 0 Å². The van der Waals surface area contributed by atoms with Gasteiger partial charge >= 0.3 is 5.97 Å². The molecule has 0 saturated carbocycles. The summed E-state index contributed by atoms with van der Waals surface area (Å²) in [6.45, 7) is 2.54. The van der Waals surface area contributed by atoms with E-state index in [0.29, 0.717) is 11.5 Å². The van der Waals surface area contributed by atoms with Gasteiger partial charge in [-0.05, 0) is 49.8 Å². The summed E-state index contributed by atoms with van der Waals surface area (Å²) in [5, 5.41) is 0.971. The summed E-state index contributed by atoms with van der Waals surface area (Å²) in [7, 11) is 0. The molecule has 3 aliphatic heterocycles. The normalized spacial score (nSPS) is 25.2. The predicted molar refractivity (Wildman–Crippen MR) is 119 cm³/mol. The maximum Gasteiger partial charge on any atom is 0.340 e. The zero-order valence-corrected chi connectivity index (χ0v) is 17.7. The average molecular weight is 417 g/mol. The van der Waals surface area contributed by atoms with Crippen LogP contribution in [-0.2, 0) is 17.8 Å². The van der Waals surface area contributed by atoms with E-state index < -0.39 is 0 Å². The Balaban J connectivity index is 1.35. The number of aromatic amines is 1. The van der Waals surface area contributed by atoms with E-state index in [9.17, 15) is 4.79 Å². The number of rotatable bonds is 3. The van der Waals surface area contributed by atoms with Gasteiger partial charge in [0, 0.05) is 48.1 Å². The van der Waals surface area contributed by atoms with E-state index in [0.717, 1.165) is 53.7 Å². The fraction of sp³-hybridized carbons (Fsp3) is 0.423. The van der Waals surface area contributed by atoms with Crippen LogP contribution < -0.4 is 4.74 Å². The smallest absolute Gasteiger partial charge is 0.340 e. The number of fused-ring (bicyclic) bond motifs is 3. The van der Waals surface area contributed by atoms with Crippen LogP contribution in [0, 0.1) is 5.92 Å². The molecule has 31 heavy (non-hydrogen) atoms. The number of nitrogens with one attached hydrogen (secondary N) is 1. The van der Waals surface area contributed by atoms with E-state index in [1.54, 1.807) is 6.20 Å². The molecule has 0 amide bonds. The van der Waals surface area contributed by atoms with Gasteiger partial charge in [0.2, 0.25) is 0 Å². The fourth-order valence-corrected chi connectivity index (χ4v) is 5.98. The molecule has 2 atom stereocenters. The summed E-state index contributed by atoms with van der Waals surface area (Å²) in [6.07, 6.45) is 8.75. The first kappa shape index (κ1) is 18.9. The molecule has 3 aromatic rings. The minimum atomic E-state index is -0.285. The van der Waals surface area contributed by atoms with Gasteiger partial charge in [-0.2, -0.15) is 0 Å². The second kappa shape index (κ2) is 7.41. The first-order valence-electron chi connectivity index (χ1n) is 11.5. The van der Waals surface area contributed by atoms with Gasteiger partial charge < -0.3 is 14.5 Å². The lowest BCUT2D eigenvalue weighted by molar-refractivity contribution is -0.177.